The number of hydrogen-bond acceptors (Lipinski definition) is 5. The molecular formula is C9H7N5S. The second kappa shape index (κ2) is 3.47. The van der Waals surface area contributed by atoms with Gasteiger partial charge in [-0.3, -0.25) is 4.98 Å². The fourth-order valence-corrected chi connectivity index (χ4v) is 2.01. The van der Waals surface area contributed by atoms with Crippen LogP contribution in [-0.2, 0) is 0 Å². The van der Waals surface area contributed by atoms with Crippen molar-refractivity contribution in [1.82, 2.24) is 19.9 Å². The van der Waals surface area contributed by atoms with E-state index in [-0.39, 0.29) is 0 Å². The molecule has 15 heavy (non-hydrogen) atoms. The van der Waals surface area contributed by atoms with E-state index in [1.54, 1.807) is 28.8 Å². The lowest BCUT2D eigenvalue weighted by molar-refractivity contribution is 0.767. The van der Waals surface area contributed by atoms with Crippen molar-refractivity contribution in [3.63, 3.8) is 0 Å². The van der Waals surface area contributed by atoms with Gasteiger partial charge in [0.1, 0.15) is 0 Å². The van der Waals surface area contributed by atoms with Crippen LogP contribution in [-0.4, -0.2) is 31.8 Å². The third kappa shape index (κ3) is 1.42. The zero-order valence-corrected chi connectivity index (χ0v) is 8.55. The van der Waals surface area contributed by atoms with Crippen molar-refractivity contribution in [2.24, 2.45) is 5.10 Å². The third-order valence-corrected chi connectivity index (χ3v) is 2.84. The summed E-state index contributed by atoms with van der Waals surface area (Å²) in [6.07, 6.45) is 5.34. The number of pyridine rings is 1. The summed E-state index contributed by atoms with van der Waals surface area (Å²) in [7, 11) is 0. The van der Waals surface area contributed by atoms with Crippen molar-refractivity contribution in [2.45, 2.75) is 5.16 Å². The molecule has 0 aromatic carbocycles. The van der Waals surface area contributed by atoms with Gasteiger partial charge in [-0.1, -0.05) is 11.8 Å². The van der Waals surface area contributed by atoms with Gasteiger partial charge in [-0.05, 0) is 12.1 Å². The van der Waals surface area contributed by atoms with Crippen LogP contribution in [0.3, 0.4) is 0 Å². The topological polar surface area (TPSA) is 56.0 Å². The number of aromatic nitrogens is 4. The first-order chi connectivity index (χ1) is 7.45. The predicted molar refractivity (Wildman–Crippen MR) is 57.9 cm³/mol. The largest absolute Gasteiger partial charge is 0.264 e. The smallest absolute Gasteiger partial charge is 0.212 e. The summed E-state index contributed by atoms with van der Waals surface area (Å²) in [6.45, 7) is 0. The van der Waals surface area contributed by atoms with Gasteiger partial charge >= 0.3 is 0 Å². The Labute approximate surface area is 90.2 Å². The highest BCUT2D eigenvalue weighted by molar-refractivity contribution is 7.99. The van der Waals surface area contributed by atoms with Gasteiger partial charge in [-0.15, -0.1) is 10.2 Å². The molecule has 6 heteroatoms. The number of rotatable bonds is 1. The predicted octanol–water partition coefficient (Wildman–Crippen LogP) is 1.28. The number of fused-ring (bicyclic) bond motifs is 1. The Hall–Kier alpha value is -1.69. The van der Waals surface area contributed by atoms with Crippen molar-refractivity contribution in [3.05, 3.63) is 24.5 Å². The second-order valence-electron chi connectivity index (χ2n) is 2.97. The first kappa shape index (κ1) is 8.60. The van der Waals surface area contributed by atoms with Gasteiger partial charge in [0.05, 0.1) is 0 Å². The fourth-order valence-electron chi connectivity index (χ4n) is 1.36. The molecule has 0 atom stereocenters. The molecule has 0 saturated heterocycles. The summed E-state index contributed by atoms with van der Waals surface area (Å²) in [5.41, 5.74) is 0.927. The molecule has 74 valence electrons. The van der Waals surface area contributed by atoms with Crippen molar-refractivity contribution >= 4 is 18.0 Å². The maximum absolute atomic E-state index is 4.25. The van der Waals surface area contributed by atoms with Gasteiger partial charge in [-0.25, -0.2) is 0 Å². The van der Waals surface area contributed by atoms with Crippen LogP contribution in [0.25, 0.3) is 11.4 Å². The van der Waals surface area contributed by atoms with Crippen LogP contribution < -0.4 is 0 Å². The molecule has 0 fully saturated rings. The summed E-state index contributed by atoms with van der Waals surface area (Å²) < 4.78 is 1.74. The highest BCUT2D eigenvalue weighted by atomic mass is 32.2. The van der Waals surface area contributed by atoms with Crippen molar-refractivity contribution in [2.75, 3.05) is 5.75 Å². The maximum Gasteiger partial charge on any atom is 0.212 e. The molecule has 2 aromatic heterocycles. The van der Waals surface area contributed by atoms with Gasteiger partial charge in [0.2, 0.25) is 5.16 Å². The van der Waals surface area contributed by atoms with E-state index in [0.29, 0.717) is 0 Å². The van der Waals surface area contributed by atoms with Crippen molar-refractivity contribution in [1.29, 1.82) is 0 Å². The SMILES string of the molecule is C1=Nn2c(nnc2-c2cccnc2)SC1. The maximum atomic E-state index is 4.25. The lowest BCUT2D eigenvalue weighted by Gasteiger charge is -2.06. The fraction of sp³-hybridized carbons (Fsp3) is 0.111. The monoisotopic (exact) mass is 217 g/mol. The molecule has 0 saturated carbocycles. The Morgan fingerprint density at radius 2 is 2.33 bits per heavy atom. The Bertz CT molecular complexity index is 504. The van der Waals surface area contributed by atoms with E-state index in [9.17, 15) is 0 Å². The first-order valence-corrected chi connectivity index (χ1v) is 5.45. The Kier molecular flexibility index (Phi) is 1.99. The minimum Gasteiger partial charge on any atom is -0.264 e. The minimum atomic E-state index is 0.738. The van der Waals surface area contributed by atoms with Crippen LogP contribution in [0, 0.1) is 0 Å². The van der Waals surface area contributed by atoms with Crippen LogP contribution in [0.1, 0.15) is 0 Å². The molecule has 0 bridgehead atoms. The molecule has 0 amide bonds. The van der Waals surface area contributed by atoms with E-state index in [2.05, 4.69) is 20.3 Å². The lowest BCUT2D eigenvalue weighted by Crippen LogP contribution is -2.01. The van der Waals surface area contributed by atoms with Crippen LogP contribution >= 0.6 is 11.8 Å². The molecule has 0 unspecified atom stereocenters. The number of thioether (sulfide) groups is 1. The van der Waals surface area contributed by atoms with Gasteiger partial charge in [0.25, 0.3) is 0 Å². The van der Waals surface area contributed by atoms with E-state index < -0.39 is 0 Å². The zero-order valence-electron chi connectivity index (χ0n) is 7.74. The van der Waals surface area contributed by atoms with Crippen LogP contribution in [0.5, 0.6) is 0 Å². The molecule has 0 radical (unpaired) electrons. The van der Waals surface area contributed by atoms with E-state index in [1.165, 1.54) is 0 Å². The van der Waals surface area contributed by atoms with Crippen molar-refractivity contribution in [3.8, 4) is 11.4 Å². The molecular weight excluding hydrogens is 210 g/mol. The summed E-state index contributed by atoms with van der Waals surface area (Å²) in [6, 6.07) is 3.82. The van der Waals surface area contributed by atoms with Gasteiger partial charge in [0, 0.05) is 29.9 Å². The highest BCUT2D eigenvalue weighted by Crippen LogP contribution is 2.24. The number of nitrogens with zero attached hydrogens (tertiary/aromatic N) is 5. The average molecular weight is 217 g/mol. The summed E-state index contributed by atoms with van der Waals surface area (Å²) in [5.74, 6) is 1.59. The Morgan fingerprint density at radius 3 is 3.20 bits per heavy atom. The van der Waals surface area contributed by atoms with E-state index in [0.717, 1.165) is 22.3 Å². The van der Waals surface area contributed by atoms with Gasteiger partial charge < -0.3 is 0 Å². The molecule has 0 spiro atoms. The zero-order chi connectivity index (χ0) is 10.1. The van der Waals surface area contributed by atoms with Crippen LogP contribution in [0.2, 0.25) is 0 Å². The van der Waals surface area contributed by atoms with E-state index in [1.807, 2.05) is 18.3 Å². The molecule has 5 nitrogen and oxygen atoms in total. The molecule has 3 heterocycles. The molecule has 1 aliphatic rings. The minimum absolute atomic E-state index is 0.738. The van der Waals surface area contributed by atoms with Crippen molar-refractivity contribution < 1.29 is 0 Å². The van der Waals surface area contributed by atoms with Gasteiger partial charge in [0.15, 0.2) is 5.82 Å². The molecule has 2 aromatic rings. The van der Waals surface area contributed by atoms with E-state index >= 15 is 0 Å². The normalized spacial score (nSPS) is 13.9. The summed E-state index contributed by atoms with van der Waals surface area (Å²) in [5, 5.41) is 13.3. The van der Waals surface area contributed by atoms with Gasteiger partial charge in [-0.2, -0.15) is 9.78 Å². The molecule has 3 rings (SSSR count). The average Bonchev–Trinajstić information content (AvgIpc) is 2.74. The standard InChI is InChI=1S/C9H7N5S/c1-2-7(6-10-3-1)8-12-13-9-14(8)11-4-5-15-9/h1-4,6H,5H2. The second-order valence-corrected chi connectivity index (χ2v) is 3.96. The van der Waals surface area contributed by atoms with E-state index in [4.69, 9.17) is 0 Å². The summed E-state index contributed by atoms with van der Waals surface area (Å²) >= 11 is 1.62. The quantitative estimate of drug-likeness (QED) is 0.722. The van der Waals surface area contributed by atoms with Crippen LogP contribution in [0.4, 0.5) is 0 Å². The Morgan fingerprint density at radius 1 is 1.33 bits per heavy atom. The first-order valence-electron chi connectivity index (χ1n) is 4.46. The molecule has 0 aliphatic carbocycles. The van der Waals surface area contributed by atoms with Crippen LogP contribution in [0.15, 0.2) is 34.8 Å². The molecule has 0 N–H and O–H groups in total. The lowest BCUT2D eigenvalue weighted by atomic mass is 10.3. The molecule has 1 aliphatic heterocycles. The Balaban J connectivity index is 2.15. The summed E-state index contributed by atoms with van der Waals surface area (Å²) in [4.78, 5) is 4.05. The highest BCUT2D eigenvalue weighted by Gasteiger charge is 2.15. The third-order valence-electron chi connectivity index (χ3n) is 2.02. The number of hydrogen-bond donors (Lipinski definition) is 0.